The summed E-state index contributed by atoms with van der Waals surface area (Å²) >= 11 is 0. The average Bonchev–Trinajstić information content (AvgIpc) is 3.30. The van der Waals surface area contributed by atoms with Gasteiger partial charge in [0.2, 0.25) is 11.7 Å². The number of piperazine rings is 1. The second-order valence-electron chi connectivity index (χ2n) is 7.90. The zero-order valence-electron chi connectivity index (χ0n) is 18.5. The lowest BCUT2D eigenvalue weighted by Crippen LogP contribution is -2.48. The molecule has 0 saturated carbocycles. The fourth-order valence-corrected chi connectivity index (χ4v) is 3.72. The van der Waals surface area contributed by atoms with Crippen LogP contribution in [0.25, 0.3) is 11.4 Å². The molecular weight excluding hydrogens is 392 g/mol. The van der Waals surface area contributed by atoms with Crippen LogP contribution in [0.4, 0.5) is 0 Å². The minimum Gasteiger partial charge on any atom is -0.497 e. The van der Waals surface area contributed by atoms with Crippen LogP contribution in [0, 0.1) is 6.92 Å². The summed E-state index contributed by atoms with van der Waals surface area (Å²) in [5, 5.41) is 4.18. The third-order valence-electron chi connectivity index (χ3n) is 5.80. The Hall–Kier alpha value is -2.90. The first-order valence-corrected chi connectivity index (χ1v) is 10.8. The van der Waals surface area contributed by atoms with Gasteiger partial charge in [0.25, 0.3) is 0 Å². The molecule has 3 aromatic rings. The first kappa shape index (κ1) is 21.3. The molecule has 1 fully saturated rings. The van der Waals surface area contributed by atoms with Crippen LogP contribution < -0.4 is 9.47 Å². The van der Waals surface area contributed by atoms with Gasteiger partial charge in [-0.05, 0) is 38.1 Å². The zero-order valence-corrected chi connectivity index (χ0v) is 18.5. The molecular formula is C24H30N4O3. The van der Waals surface area contributed by atoms with E-state index in [9.17, 15) is 0 Å². The lowest BCUT2D eigenvalue weighted by molar-refractivity contribution is 0.0800. The maximum atomic E-state index is 5.86. The maximum Gasteiger partial charge on any atom is 0.244 e. The van der Waals surface area contributed by atoms with E-state index in [4.69, 9.17) is 14.0 Å². The van der Waals surface area contributed by atoms with Crippen LogP contribution >= 0.6 is 0 Å². The first-order chi connectivity index (χ1) is 15.1. The summed E-state index contributed by atoms with van der Waals surface area (Å²) in [6.07, 6.45) is 0. The van der Waals surface area contributed by atoms with Crippen molar-refractivity contribution in [3.05, 3.63) is 60.0 Å². The van der Waals surface area contributed by atoms with Crippen LogP contribution in [0.5, 0.6) is 11.5 Å². The highest BCUT2D eigenvalue weighted by Crippen LogP contribution is 2.24. The van der Waals surface area contributed by atoms with Crippen LogP contribution in [0.1, 0.15) is 24.4 Å². The average molecular weight is 423 g/mol. The molecule has 1 saturated heterocycles. The molecule has 31 heavy (non-hydrogen) atoms. The zero-order chi connectivity index (χ0) is 21.6. The van der Waals surface area contributed by atoms with E-state index in [1.54, 1.807) is 7.11 Å². The third kappa shape index (κ3) is 5.42. The van der Waals surface area contributed by atoms with E-state index in [1.165, 1.54) is 5.56 Å². The number of benzene rings is 2. The summed E-state index contributed by atoms with van der Waals surface area (Å²) in [5.74, 6) is 3.03. The number of aryl methyl sites for hydroxylation is 1. The molecule has 7 nitrogen and oxygen atoms in total. The number of ether oxygens (including phenoxy) is 2. The van der Waals surface area contributed by atoms with Crippen molar-refractivity contribution in [2.45, 2.75) is 19.9 Å². The van der Waals surface area contributed by atoms with Crippen LogP contribution in [0.2, 0.25) is 0 Å². The van der Waals surface area contributed by atoms with Gasteiger partial charge < -0.3 is 14.0 Å². The van der Waals surface area contributed by atoms with Crippen molar-refractivity contribution in [3.63, 3.8) is 0 Å². The molecule has 1 atom stereocenters. The predicted octanol–water partition coefficient (Wildman–Crippen LogP) is 3.81. The van der Waals surface area contributed by atoms with E-state index in [2.05, 4.69) is 45.9 Å². The first-order valence-electron chi connectivity index (χ1n) is 10.8. The van der Waals surface area contributed by atoms with E-state index in [0.29, 0.717) is 18.3 Å². The number of rotatable bonds is 8. The third-order valence-corrected chi connectivity index (χ3v) is 5.80. The lowest BCUT2D eigenvalue weighted by atomic mass is 10.1. The Balaban J connectivity index is 1.23. The topological polar surface area (TPSA) is 63.9 Å². The minimum atomic E-state index is 0.101. The van der Waals surface area contributed by atoms with Gasteiger partial charge in [-0.2, -0.15) is 4.98 Å². The number of nitrogens with zero attached hydrogens (tertiary/aromatic N) is 4. The Bertz CT molecular complexity index is 948. The summed E-state index contributed by atoms with van der Waals surface area (Å²) in [6.45, 7) is 9.70. The van der Waals surface area contributed by atoms with Gasteiger partial charge in [-0.15, -0.1) is 0 Å². The number of methoxy groups -OCH3 is 1. The summed E-state index contributed by atoms with van der Waals surface area (Å²) < 4.78 is 16.6. The Kier molecular flexibility index (Phi) is 6.84. The van der Waals surface area contributed by atoms with Crippen LogP contribution in [-0.2, 0) is 0 Å². The Morgan fingerprint density at radius 2 is 1.65 bits per heavy atom. The van der Waals surface area contributed by atoms with Crippen LogP contribution in [0.15, 0.2) is 53.1 Å². The van der Waals surface area contributed by atoms with Crippen molar-refractivity contribution in [2.75, 3.05) is 46.4 Å². The van der Waals surface area contributed by atoms with Crippen molar-refractivity contribution >= 4 is 0 Å². The fraction of sp³-hybridized carbons (Fsp3) is 0.417. The van der Waals surface area contributed by atoms with E-state index >= 15 is 0 Å². The van der Waals surface area contributed by atoms with E-state index < -0.39 is 0 Å². The smallest absolute Gasteiger partial charge is 0.244 e. The van der Waals surface area contributed by atoms with E-state index in [1.807, 2.05) is 36.4 Å². The van der Waals surface area contributed by atoms with Gasteiger partial charge in [0.15, 0.2) is 0 Å². The normalized spacial score (nSPS) is 16.2. The van der Waals surface area contributed by atoms with Gasteiger partial charge in [-0.25, -0.2) is 0 Å². The van der Waals surface area contributed by atoms with Crippen molar-refractivity contribution in [1.29, 1.82) is 0 Å². The second kappa shape index (κ2) is 9.94. The summed E-state index contributed by atoms with van der Waals surface area (Å²) in [4.78, 5) is 9.46. The summed E-state index contributed by atoms with van der Waals surface area (Å²) in [6, 6.07) is 16.0. The second-order valence-corrected chi connectivity index (χ2v) is 7.90. The van der Waals surface area contributed by atoms with Crippen molar-refractivity contribution in [2.24, 2.45) is 0 Å². The number of hydrogen-bond donors (Lipinski definition) is 0. The Morgan fingerprint density at radius 1 is 0.968 bits per heavy atom. The van der Waals surface area contributed by atoms with Gasteiger partial charge in [0, 0.05) is 38.3 Å². The summed E-state index contributed by atoms with van der Waals surface area (Å²) in [7, 11) is 1.66. The SMILES string of the molecule is COc1ccc(OCCN2CCN(C(C)c3nc(-c4ccc(C)cc4)no3)CC2)cc1. The molecule has 164 valence electrons. The van der Waals surface area contributed by atoms with Gasteiger partial charge in [0.05, 0.1) is 13.2 Å². The molecule has 1 aromatic heterocycles. The Labute approximate surface area is 183 Å². The number of hydrogen-bond acceptors (Lipinski definition) is 7. The van der Waals surface area contributed by atoms with Crippen molar-refractivity contribution < 1.29 is 14.0 Å². The van der Waals surface area contributed by atoms with E-state index in [-0.39, 0.29) is 6.04 Å². The molecule has 4 rings (SSSR count). The quantitative estimate of drug-likeness (QED) is 0.547. The molecule has 2 aromatic carbocycles. The van der Waals surface area contributed by atoms with E-state index in [0.717, 1.165) is 49.8 Å². The minimum absolute atomic E-state index is 0.101. The molecule has 1 aliphatic rings. The Morgan fingerprint density at radius 3 is 2.32 bits per heavy atom. The fourth-order valence-electron chi connectivity index (χ4n) is 3.72. The summed E-state index contributed by atoms with van der Waals surface area (Å²) in [5.41, 5.74) is 2.20. The highest BCUT2D eigenvalue weighted by Gasteiger charge is 2.26. The van der Waals surface area contributed by atoms with Crippen LogP contribution in [-0.4, -0.2) is 66.4 Å². The molecule has 0 N–H and O–H groups in total. The highest BCUT2D eigenvalue weighted by molar-refractivity contribution is 5.54. The van der Waals surface area contributed by atoms with Gasteiger partial charge in [-0.3, -0.25) is 9.80 Å². The van der Waals surface area contributed by atoms with Crippen LogP contribution in [0.3, 0.4) is 0 Å². The van der Waals surface area contributed by atoms with Crippen molar-refractivity contribution in [3.8, 4) is 22.9 Å². The molecule has 2 heterocycles. The largest absolute Gasteiger partial charge is 0.497 e. The monoisotopic (exact) mass is 422 g/mol. The molecule has 1 aliphatic heterocycles. The molecule has 1 unspecified atom stereocenters. The lowest BCUT2D eigenvalue weighted by Gasteiger charge is -2.36. The molecule has 0 spiro atoms. The molecule has 0 aliphatic carbocycles. The molecule has 0 radical (unpaired) electrons. The molecule has 0 bridgehead atoms. The van der Waals surface area contributed by atoms with Crippen molar-refractivity contribution in [1.82, 2.24) is 19.9 Å². The van der Waals surface area contributed by atoms with Gasteiger partial charge in [0.1, 0.15) is 18.1 Å². The standard InChI is InChI=1S/C24H30N4O3/c1-18-4-6-20(7-5-18)23-25-24(31-26-23)19(2)28-14-12-27(13-15-28)16-17-30-22-10-8-21(29-3)9-11-22/h4-11,19H,12-17H2,1-3H3. The van der Waals surface area contributed by atoms with Gasteiger partial charge in [-0.1, -0.05) is 35.0 Å². The molecule has 0 amide bonds. The maximum absolute atomic E-state index is 5.86. The number of aromatic nitrogens is 2. The predicted molar refractivity (Wildman–Crippen MR) is 119 cm³/mol. The van der Waals surface area contributed by atoms with Gasteiger partial charge >= 0.3 is 0 Å². The highest BCUT2D eigenvalue weighted by atomic mass is 16.5. The molecule has 7 heteroatoms.